The summed E-state index contributed by atoms with van der Waals surface area (Å²) in [5.41, 5.74) is 0. The number of carboxylic acid groups (broad SMARTS) is 1. The zero-order chi connectivity index (χ0) is 14.8. The Morgan fingerprint density at radius 3 is 2.65 bits per heavy atom. The molecule has 0 fully saturated rings. The normalized spacial score (nSPS) is 11.9. The van der Waals surface area contributed by atoms with E-state index in [1.54, 1.807) is 6.92 Å². The van der Waals surface area contributed by atoms with Gasteiger partial charge in [0.05, 0.1) is 0 Å². The lowest BCUT2D eigenvalue weighted by Crippen LogP contribution is -2.29. The molecule has 0 saturated heterocycles. The standard InChI is InChI=1S/C12H13NO5S2/c1-2-13(8-9-4-3-7-19-9)20(16,17)11-6-5-10(18-11)12(14)15/h3-7H,2,8H2,1H3,(H,14,15). The molecule has 0 aromatic carbocycles. The van der Waals surface area contributed by atoms with Crippen LogP contribution in [0.15, 0.2) is 39.2 Å². The topological polar surface area (TPSA) is 87.8 Å². The van der Waals surface area contributed by atoms with E-state index in [9.17, 15) is 13.2 Å². The number of aromatic carboxylic acids is 1. The summed E-state index contributed by atoms with van der Waals surface area (Å²) in [4.78, 5) is 11.6. The molecule has 0 atom stereocenters. The smallest absolute Gasteiger partial charge is 0.371 e. The van der Waals surface area contributed by atoms with E-state index in [1.807, 2.05) is 17.5 Å². The van der Waals surface area contributed by atoms with E-state index < -0.39 is 21.8 Å². The van der Waals surface area contributed by atoms with Gasteiger partial charge in [0.25, 0.3) is 10.0 Å². The van der Waals surface area contributed by atoms with Crippen molar-refractivity contribution in [2.24, 2.45) is 0 Å². The van der Waals surface area contributed by atoms with Crippen LogP contribution in [-0.4, -0.2) is 30.3 Å². The largest absolute Gasteiger partial charge is 0.475 e. The summed E-state index contributed by atoms with van der Waals surface area (Å²) in [5, 5.41) is 10.3. The van der Waals surface area contributed by atoms with Gasteiger partial charge in [0.1, 0.15) is 0 Å². The zero-order valence-corrected chi connectivity index (χ0v) is 12.3. The number of rotatable bonds is 6. The lowest BCUT2D eigenvalue weighted by atomic mass is 10.4. The molecule has 2 aromatic heterocycles. The highest BCUT2D eigenvalue weighted by Gasteiger charge is 2.27. The molecule has 2 aromatic rings. The highest BCUT2D eigenvalue weighted by atomic mass is 32.2. The summed E-state index contributed by atoms with van der Waals surface area (Å²) in [6.45, 7) is 2.22. The number of hydrogen-bond acceptors (Lipinski definition) is 5. The summed E-state index contributed by atoms with van der Waals surface area (Å²) < 4.78 is 30.9. The average molecular weight is 315 g/mol. The van der Waals surface area contributed by atoms with Crippen LogP contribution in [0.2, 0.25) is 0 Å². The predicted octanol–water partition coefficient (Wildman–Crippen LogP) is 2.25. The summed E-state index contributed by atoms with van der Waals surface area (Å²) in [5.74, 6) is -1.69. The minimum absolute atomic E-state index is 0.236. The summed E-state index contributed by atoms with van der Waals surface area (Å²) >= 11 is 1.46. The zero-order valence-electron chi connectivity index (χ0n) is 10.6. The molecule has 2 rings (SSSR count). The molecule has 0 spiro atoms. The van der Waals surface area contributed by atoms with Crippen LogP contribution < -0.4 is 0 Å². The van der Waals surface area contributed by atoms with E-state index in [4.69, 9.17) is 9.52 Å². The van der Waals surface area contributed by atoms with Crippen molar-refractivity contribution >= 4 is 27.3 Å². The van der Waals surface area contributed by atoms with Crippen LogP contribution in [0.1, 0.15) is 22.4 Å². The van der Waals surface area contributed by atoms with Gasteiger partial charge in [0, 0.05) is 18.0 Å². The van der Waals surface area contributed by atoms with Crippen molar-refractivity contribution < 1.29 is 22.7 Å². The van der Waals surface area contributed by atoms with Crippen molar-refractivity contribution in [1.82, 2.24) is 4.31 Å². The maximum atomic E-state index is 12.4. The van der Waals surface area contributed by atoms with Gasteiger partial charge in [-0.3, -0.25) is 0 Å². The quantitative estimate of drug-likeness (QED) is 0.883. The van der Waals surface area contributed by atoms with Crippen molar-refractivity contribution in [2.45, 2.75) is 18.6 Å². The summed E-state index contributed by atoms with van der Waals surface area (Å²) in [6, 6.07) is 5.98. The van der Waals surface area contributed by atoms with Gasteiger partial charge >= 0.3 is 5.97 Å². The Hall–Kier alpha value is -1.64. The number of sulfonamides is 1. The van der Waals surface area contributed by atoms with E-state index in [-0.39, 0.29) is 18.2 Å². The van der Waals surface area contributed by atoms with Crippen molar-refractivity contribution in [3.8, 4) is 0 Å². The molecule has 2 heterocycles. The summed E-state index contributed by atoms with van der Waals surface area (Å²) in [7, 11) is -3.83. The molecule has 1 N–H and O–H groups in total. The first-order chi connectivity index (χ1) is 9.45. The van der Waals surface area contributed by atoms with Gasteiger partial charge in [-0.25, -0.2) is 13.2 Å². The molecule has 0 aliphatic carbocycles. The molecule has 0 saturated carbocycles. The monoisotopic (exact) mass is 315 g/mol. The van der Waals surface area contributed by atoms with Gasteiger partial charge in [-0.05, 0) is 23.6 Å². The predicted molar refractivity (Wildman–Crippen MR) is 73.3 cm³/mol. The highest BCUT2D eigenvalue weighted by molar-refractivity contribution is 7.89. The van der Waals surface area contributed by atoms with Crippen LogP contribution in [0.4, 0.5) is 0 Å². The molecule has 8 heteroatoms. The Bertz CT molecular complexity index is 687. The maximum absolute atomic E-state index is 12.4. The van der Waals surface area contributed by atoms with Crippen LogP contribution in [0.3, 0.4) is 0 Å². The van der Waals surface area contributed by atoms with E-state index in [0.717, 1.165) is 17.0 Å². The van der Waals surface area contributed by atoms with Crippen LogP contribution in [0.25, 0.3) is 0 Å². The Morgan fingerprint density at radius 1 is 1.40 bits per heavy atom. The molecular formula is C12H13NO5S2. The number of carboxylic acids is 1. The van der Waals surface area contributed by atoms with Gasteiger partial charge in [-0.1, -0.05) is 13.0 Å². The third kappa shape index (κ3) is 2.92. The summed E-state index contributed by atoms with van der Waals surface area (Å²) in [6.07, 6.45) is 0. The molecule has 0 bridgehead atoms. The molecule has 0 radical (unpaired) electrons. The average Bonchev–Trinajstić information content (AvgIpc) is 3.06. The lowest BCUT2D eigenvalue weighted by Gasteiger charge is -2.17. The highest BCUT2D eigenvalue weighted by Crippen LogP contribution is 2.22. The molecule has 20 heavy (non-hydrogen) atoms. The molecule has 108 valence electrons. The Balaban J connectivity index is 2.28. The van der Waals surface area contributed by atoms with E-state index in [2.05, 4.69) is 0 Å². The van der Waals surface area contributed by atoms with Crippen LogP contribution >= 0.6 is 11.3 Å². The number of furan rings is 1. The fourth-order valence-electron chi connectivity index (χ4n) is 1.64. The SMILES string of the molecule is CCN(Cc1cccs1)S(=O)(=O)c1ccc(C(=O)O)o1. The van der Waals surface area contributed by atoms with Crippen molar-refractivity contribution in [3.63, 3.8) is 0 Å². The first-order valence-corrected chi connectivity index (χ1v) is 8.12. The van der Waals surface area contributed by atoms with Crippen molar-refractivity contribution in [2.75, 3.05) is 6.54 Å². The first-order valence-electron chi connectivity index (χ1n) is 5.80. The second kappa shape index (κ2) is 5.78. The molecule has 0 amide bonds. The van der Waals surface area contributed by atoms with Crippen molar-refractivity contribution in [3.05, 3.63) is 40.3 Å². The molecule has 0 unspecified atom stereocenters. The van der Waals surface area contributed by atoms with E-state index in [1.165, 1.54) is 15.6 Å². The van der Waals surface area contributed by atoms with Crippen LogP contribution in [0.5, 0.6) is 0 Å². The van der Waals surface area contributed by atoms with Crippen LogP contribution in [0, 0.1) is 0 Å². The lowest BCUT2D eigenvalue weighted by molar-refractivity contribution is 0.0656. The number of carbonyl (C=O) groups is 1. The van der Waals surface area contributed by atoms with Crippen molar-refractivity contribution in [1.29, 1.82) is 0 Å². The Kier molecular flexibility index (Phi) is 4.26. The van der Waals surface area contributed by atoms with Gasteiger partial charge in [0.15, 0.2) is 0 Å². The number of hydrogen-bond donors (Lipinski definition) is 1. The first kappa shape index (κ1) is 14.8. The van der Waals surface area contributed by atoms with Gasteiger partial charge in [-0.15, -0.1) is 11.3 Å². The maximum Gasteiger partial charge on any atom is 0.371 e. The molecule has 0 aliphatic rings. The van der Waals surface area contributed by atoms with Crippen LogP contribution in [-0.2, 0) is 16.6 Å². The fourth-order valence-corrected chi connectivity index (χ4v) is 3.78. The fraction of sp³-hybridized carbons (Fsp3) is 0.250. The van der Waals surface area contributed by atoms with E-state index >= 15 is 0 Å². The van der Waals surface area contributed by atoms with Gasteiger partial charge in [-0.2, -0.15) is 4.31 Å². The minimum Gasteiger partial charge on any atom is -0.475 e. The minimum atomic E-state index is -3.83. The number of thiophene rings is 1. The molecular weight excluding hydrogens is 302 g/mol. The second-order valence-electron chi connectivity index (χ2n) is 3.93. The van der Waals surface area contributed by atoms with Gasteiger partial charge < -0.3 is 9.52 Å². The van der Waals surface area contributed by atoms with E-state index in [0.29, 0.717) is 0 Å². The Labute approximate surface area is 120 Å². The number of nitrogens with zero attached hydrogens (tertiary/aromatic N) is 1. The Morgan fingerprint density at radius 2 is 2.15 bits per heavy atom. The molecule has 0 aliphatic heterocycles. The van der Waals surface area contributed by atoms with Gasteiger partial charge in [0.2, 0.25) is 10.9 Å². The third-order valence-electron chi connectivity index (χ3n) is 2.65. The molecule has 6 nitrogen and oxygen atoms in total. The third-order valence-corrected chi connectivity index (χ3v) is 5.31. The second-order valence-corrected chi connectivity index (χ2v) is 6.84.